The van der Waals surface area contributed by atoms with Crippen molar-refractivity contribution in [1.82, 2.24) is 5.32 Å². The van der Waals surface area contributed by atoms with Gasteiger partial charge in [-0.1, -0.05) is 42.5 Å². The molecule has 0 aliphatic rings. The number of hydrogen-bond acceptors (Lipinski definition) is 4. The van der Waals surface area contributed by atoms with Gasteiger partial charge in [-0.3, -0.25) is 0 Å². The standard InChI is InChI=1S/C17H21NO3/c1-18-11-15(19)14-9-6-10-16(17(14)20-2)21-12-13-7-4-3-5-8-13/h3-10,15,18-19H,11-12H2,1-2H3. The van der Waals surface area contributed by atoms with Crippen LogP contribution < -0.4 is 14.8 Å². The minimum absolute atomic E-state index is 0.457. The fraction of sp³-hybridized carbons (Fsp3) is 0.294. The second-order valence-electron chi connectivity index (χ2n) is 4.73. The van der Waals surface area contributed by atoms with Gasteiger partial charge in [-0.25, -0.2) is 0 Å². The second kappa shape index (κ2) is 7.67. The highest BCUT2D eigenvalue weighted by molar-refractivity contribution is 5.47. The highest BCUT2D eigenvalue weighted by Gasteiger charge is 2.16. The average Bonchev–Trinajstić information content (AvgIpc) is 2.53. The Morgan fingerprint density at radius 1 is 1.10 bits per heavy atom. The summed E-state index contributed by atoms with van der Waals surface area (Å²) >= 11 is 0. The molecule has 4 nitrogen and oxygen atoms in total. The van der Waals surface area contributed by atoms with Crippen LogP contribution in [0.3, 0.4) is 0 Å². The quantitative estimate of drug-likeness (QED) is 0.821. The van der Waals surface area contributed by atoms with Gasteiger partial charge >= 0.3 is 0 Å². The van der Waals surface area contributed by atoms with E-state index in [0.717, 1.165) is 11.1 Å². The zero-order valence-electron chi connectivity index (χ0n) is 12.4. The number of hydrogen-bond donors (Lipinski definition) is 2. The number of benzene rings is 2. The number of aliphatic hydroxyl groups excluding tert-OH is 1. The van der Waals surface area contributed by atoms with Crippen LogP contribution in [0.15, 0.2) is 48.5 Å². The molecule has 0 radical (unpaired) electrons. The molecule has 0 amide bonds. The molecule has 112 valence electrons. The molecule has 0 aromatic heterocycles. The minimum atomic E-state index is -0.634. The molecule has 0 heterocycles. The first-order valence-electron chi connectivity index (χ1n) is 6.92. The van der Waals surface area contributed by atoms with Crippen molar-refractivity contribution in [3.05, 3.63) is 59.7 Å². The summed E-state index contributed by atoms with van der Waals surface area (Å²) in [6.45, 7) is 0.918. The zero-order chi connectivity index (χ0) is 15.1. The third-order valence-corrected chi connectivity index (χ3v) is 3.21. The average molecular weight is 287 g/mol. The van der Waals surface area contributed by atoms with Gasteiger partial charge in [0.2, 0.25) is 0 Å². The molecule has 21 heavy (non-hydrogen) atoms. The molecule has 0 aliphatic heterocycles. The number of rotatable bonds is 7. The molecule has 0 aliphatic carbocycles. The smallest absolute Gasteiger partial charge is 0.166 e. The number of methoxy groups -OCH3 is 1. The van der Waals surface area contributed by atoms with E-state index in [0.29, 0.717) is 24.7 Å². The lowest BCUT2D eigenvalue weighted by molar-refractivity contribution is 0.171. The number of likely N-dealkylation sites (N-methyl/N-ethyl adjacent to an activating group) is 1. The Morgan fingerprint density at radius 3 is 2.52 bits per heavy atom. The van der Waals surface area contributed by atoms with E-state index in [4.69, 9.17) is 9.47 Å². The van der Waals surface area contributed by atoms with Crippen LogP contribution in [0.25, 0.3) is 0 Å². The summed E-state index contributed by atoms with van der Waals surface area (Å²) in [7, 11) is 3.38. The summed E-state index contributed by atoms with van der Waals surface area (Å²) in [6.07, 6.45) is -0.634. The molecule has 4 heteroatoms. The molecule has 2 aromatic carbocycles. The first-order chi connectivity index (χ1) is 10.3. The molecular formula is C17H21NO3. The molecule has 1 unspecified atom stereocenters. The van der Waals surface area contributed by atoms with Gasteiger partial charge in [0.15, 0.2) is 11.5 Å². The van der Waals surface area contributed by atoms with Crippen molar-refractivity contribution in [2.24, 2.45) is 0 Å². The molecule has 0 spiro atoms. The van der Waals surface area contributed by atoms with E-state index in [1.54, 1.807) is 14.2 Å². The lowest BCUT2D eigenvalue weighted by Gasteiger charge is -2.18. The normalized spacial score (nSPS) is 12.0. The van der Waals surface area contributed by atoms with Crippen LogP contribution in [0, 0.1) is 0 Å². The fourth-order valence-electron chi connectivity index (χ4n) is 2.17. The highest BCUT2D eigenvalue weighted by Crippen LogP contribution is 2.35. The molecule has 0 saturated carbocycles. The van der Waals surface area contributed by atoms with Crippen molar-refractivity contribution in [3.63, 3.8) is 0 Å². The van der Waals surface area contributed by atoms with Crippen molar-refractivity contribution in [2.45, 2.75) is 12.7 Å². The van der Waals surface area contributed by atoms with Crippen LogP contribution in [-0.4, -0.2) is 25.8 Å². The van der Waals surface area contributed by atoms with Gasteiger partial charge in [-0.05, 0) is 18.7 Å². The van der Waals surface area contributed by atoms with Gasteiger partial charge in [0.1, 0.15) is 6.61 Å². The molecule has 2 N–H and O–H groups in total. The Hall–Kier alpha value is -2.04. The van der Waals surface area contributed by atoms with Crippen molar-refractivity contribution in [2.75, 3.05) is 20.7 Å². The lowest BCUT2D eigenvalue weighted by atomic mass is 10.1. The second-order valence-corrected chi connectivity index (χ2v) is 4.73. The minimum Gasteiger partial charge on any atom is -0.492 e. The molecule has 0 fully saturated rings. The number of ether oxygens (including phenoxy) is 2. The summed E-state index contributed by atoms with van der Waals surface area (Å²) in [6, 6.07) is 15.5. The third kappa shape index (κ3) is 3.97. The summed E-state index contributed by atoms with van der Waals surface area (Å²) in [5, 5.41) is 13.1. The van der Waals surface area contributed by atoms with Crippen LogP contribution in [0.4, 0.5) is 0 Å². The van der Waals surface area contributed by atoms with E-state index in [2.05, 4.69) is 5.32 Å². The molecule has 0 saturated heterocycles. The zero-order valence-corrected chi connectivity index (χ0v) is 12.4. The van der Waals surface area contributed by atoms with Crippen molar-refractivity contribution in [3.8, 4) is 11.5 Å². The SMILES string of the molecule is CNCC(O)c1cccc(OCc2ccccc2)c1OC. The largest absolute Gasteiger partial charge is 0.492 e. The predicted octanol–water partition coefficient (Wildman–Crippen LogP) is 2.53. The summed E-state index contributed by atoms with van der Waals surface area (Å²) in [5.74, 6) is 1.21. The van der Waals surface area contributed by atoms with Gasteiger partial charge < -0.3 is 19.9 Å². The number of nitrogens with one attached hydrogen (secondary N) is 1. The molecule has 1 atom stereocenters. The van der Waals surface area contributed by atoms with E-state index in [-0.39, 0.29) is 0 Å². The third-order valence-electron chi connectivity index (χ3n) is 3.21. The van der Waals surface area contributed by atoms with E-state index in [9.17, 15) is 5.11 Å². The van der Waals surface area contributed by atoms with E-state index in [1.165, 1.54) is 0 Å². The maximum Gasteiger partial charge on any atom is 0.166 e. The Kier molecular flexibility index (Phi) is 5.60. The molecule has 2 aromatic rings. The Balaban J connectivity index is 2.17. The highest BCUT2D eigenvalue weighted by atomic mass is 16.5. The Morgan fingerprint density at radius 2 is 1.86 bits per heavy atom. The fourth-order valence-corrected chi connectivity index (χ4v) is 2.17. The van der Waals surface area contributed by atoms with Gasteiger partial charge in [0.05, 0.1) is 13.2 Å². The summed E-state index contributed by atoms with van der Waals surface area (Å²) in [4.78, 5) is 0. The van der Waals surface area contributed by atoms with Crippen LogP contribution in [0.5, 0.6) is 11.5 Å². The van der Waals surface area contributed by atoms with Crippen LogP contribution in [0.1, 0.15) is 17.2 Å². The maximum absolute atomic E-state index is 10.1. The Labute approximate surface area is 125 Å². The van der Waals surface area contributed by atoms with Gasteiger partial charge in [-0.15, -0.1) is 0 Å². The van der Waals surface area contributed by atoms with Gasteiger partial charge in [-0.2, -0.15) is 0 Å². The Bertz CT molecular complexity index is 557. The van der Waals surface area contributed by atoms with E-state index in [1.807, 2.05) is 48.5 Å². The van der Waals surface area contributed by atoms with Crippen LogP contribution in [-0.2, 0) is 6.61 Å². The van der Waals surface area contributed by atoms with E-state index >= 15 is 0 Å². The van der Waals surface area contributed by atoms with Crippen molar-refractivity contribution < 1.29 is 14.6 Å². The van der Waals surface area contributed by atoms with E-state index < -0.39 is 6.10 Å². The van der Waals surface area contributed by atoms with Crippen molar-refractivity contribution >= 4 is 0 Å². The predicted molar refractivity (Wildman–Crippen MR) is 82.7 cm³/mol. The number of aliphatic hydroxyl groups is 1. The monoisotopic (exact) mass is 287 g/mol. The summed E-state index contributed by atoms with van der Waals surface area (Å²) < 4.78 is 11.2. The maximum atomic E-state index is 10.1. The molecule has 0 bridgehead atoms. The van der Waals surface area contributed by atoms with Crippen LogP contribution in [0.2, 0.25) is 0 Å². The van der Waals surface area contributed by atoms with Crippen LogP contribution >= 0.6 is 0 Å². The number of para-hydroxylation sites is 1. The first kappa shape index (κ1) is 15.4. The van der Waals surface area contributed by atoms with Gasteiger partial charge in [0, 0.05) is 12.1 Å². The first-order valence-corrected chi connectivity index (χ1v) is 6.92. The topological polar surface area (TPSA) is 50.7 Å². The molecular weight excluding hydrogens is 266 g/mol. The van der Waals surface area contributed by atoms with Crippen molar-refractivity contribution in [1.29, 1.82) is 0 Å². The summed E-state index contributed by atoms with van der Waals surface area (Å²) in [5.41, 5.74) is 1.80. The van der Waals surface area contributed by atoms with Gasteiger partial charge in [0.25, 0.3) is 0 Å². The lowest BCUT2D eigenvalue weighted by Crippen LogP contribution is -2.17. The molecule has 2 rings (SSSR count).